The highest BCUT2D eigenvalue weighted by Crippen LogP contribution is 2.26. The number of carbonyl (C=O) groups excluding carboxylic acids is 1. The van der Waals surface area contributed by atoms with Crippen LogP contribution in [0.2, 0.25) is 0 Å². The highest BCUT2D eigenvalue weighted by atomic mass is 32.1. The fourth-order valence-corrected chi connectivity index (χ4v) is 2.46. The lowest BCUT2D eigenvalue weighted by Gasteiger charge is -2.05. The van der Waals surface area contributed by atoms with Gasteiger partial charge in [-0.2, -0.15) is 0 Å². The summed E-state index contributed by atoms with van der Waals surface area (Å²) in [6.07, 6.45) is 1.46. The average molecular weight is 280 g/mol. The van der Waals surface area contributed by atoms with Crippen LogP contribution >= 0.6 is 11.3 Å². The molecule has 0 aliphatic rings. The number of hydrogen-bond acceptors (Lipinski definition) is 4. The van der Waals surface area contributed by atoms with Gasteiger partial charge in [-0.15, -0.1) is 11.3 Å². The van der Waals surface area contributed by atoms with Crippen LogP contribution < -0.4 is 10.1 Å². The number of carboxylic acids is 1. The minimum atomic E-state index is -1.09. The molecule has 0 radical (unpaired) electrons. The van der Waals surface area contributed by atoms with Crippen LogP contribution in [0.15, 0.2) is 17.6 Å². The highest BCUT2D eigenvalue weighted by molar-refractivity contribution is 7.12. The second-order valence-corrected chi connectivity index (χ2v) is 4.70. The van der Waals surface area contributed by atoms with Gasteiger partial charge in [0.2, 0.25) is 0 Å². The van der Waals surface area contributed by atoms with Crippen LogP contribution in [0.1, 0.15) is 25.7 Å². The van der Waals surface area contributed by atoms with E-state index in [0.717, 1.165) is 0 Å². The summed E-state index contributed by atoms with van der Waals surface area (Å²) in [6, 6.07) is 1.68. The van der Waals surface area contributed by atoms with Crippen molar-refractivity contribution in [3.63, 3.8) is 0 Å². The van der Waals surface area contributed by atoms with Crippen molar-refractivity contribution in [3.05, 3.63) is 33.8 Å². The number of methoxy groups -OCH3 is 1. The molecular weight excluding hydrogens is 268 g/mol. The maximum absolute atomic E-state index is 12.1. The lowest BCUT2D eigenvalue weighted by Crippen LogP contribution is -2.13. The third-order valence-electron chi connectivity index (χ3n) is 2.59. The van der Waals surface area contributed by atoms with Crippen LogP contribution in [0.25, 0.3) is 0 Å². The van der Waals surface area contributed by atoms with Gasteiger partial charge < -0.3 is 20.1 Å². The second kappa shape index (κ2) is 5.15. The van der Waals surface area contributed by atoms with E-state index in [2.05, 4.69) is 10.3 Å². The molecule has 0 saturated carbocycles. The van der Waals surface area contributed by atoms with Gasteiger partial charge in [0.15, 0.2) is 0 Å². The first kappa shape index (κ1) is 13.2. The molecule has 3 N–H and O–H groups in total. The van der Waals surface area contributed by atoms with Gasteiger partial charge in [-0.3, -0.25) is 4.79 Å². The minimum Gasteiger partial charge on any atom is -0.495 e. The summed E-state index contributed by atoms with van der Waals surface area (Å²) < 4.78 is 5.05. The maximum Gasteiger partial charge on any atom is 0.339 e. The Hall–Kier alpha value is -2.28. The fraction of sp³-hybridized carbons (Fsp3) is 0.167. The topological polar surface area (TPSA) is 91.4 Å². The molecule has 0 unspecified atom stereocenters. The first-order valence-corrected chi connectivity index (χ1v) is 6.26. The Morgan fingerprint density at radius 1 is 1.47 bits per heavy atom. The number of thiophene rings is 1. The van der Waals surface area contributed by atoms with Gasteiger partial charge in [-0.05, 0) is 18.4 Å². The number of nitrogens with one attached hydrogen (secondary N) is 2. The van der Waals surface area contributed by atoms with Crippen molar-refractivity contribution in [1.82, 2.24) is 4.98 Å². The van der Waals surface area contributed by atoms with Crippen molar-refractivity contribution in [3.8, 4) is 5.75 Å². The van der Waals surface area contributed by atoms with Gasteiger partial charge in [-0.25, -0.2) is 4.79 Å². The van der Waals surface area contributed by atoms with Gasteiger partial charge in [0, 0.05) is 11.9 Å². The standard InChI is InChI=1S/C12H12N2O4S/c1-6-9(12(16)17)7(5-13-6)14-11(15)10-8(18-2)3-4-19-10/h3-5,13H,1-2H3,(H,14,15)(H,16,17). The number of carboxylic acid groups (broad SMARTS) is 1. The zero-order chi connectivity index (χ0) is 14.0. The van der Waals surface area contributed by atoms with E-state index in [9.17, 15) is 9.59 Å². The molecular formula is C12H12N2O4S. The van der Waals surface area contributed by atoms with E-state index in [1.807, 2.05) is 0 Å². The molecule has 0 aliphatic carbocycles. The number of anilines is 1. The quantitative estimate of drug-likeness (QED) is 0.801. The molecule has 0 fully saturated rings. The monoisotopic (exact) mass is 280 g/mol. The maximum atomic E-state index is 12.1. The largest absolute Gasteiger partial charge is 0.495 e. The summed E-state index contributed by atoms with van der Waals surface area (Å²) in [5.41, 5.74) is 0.787. The Kier molecular flexibility index (Phi) is 3.57. The summed E-state index contributed by atoms with van der Waals surface area (Å²) in [6.45, 7) is 1.63. The Morgan fingerprint density at radius 2 is 2.21 bits per heavy atom. The third-order valence-corrected chi connectivity index (χ3v) is 3.49. The van der Waals surface area contributed by atoms with Gasteiger partial charge in [-0.1, -0.05) is 0 Å². The summed E-state index contributed by atoms with van der Waals surface area (Å²) in [5, 5.41) is 13.4. The number of amides is 1. The number of hydrogen-bond donors (Lipinski definition) is 3. The number of H-pyrrole nitrogens is 1. The molecule has 0 aromatic carbocycles. The predicted octanol–water partition coefficient (Wildman–Crippen LogP) is 2.34. The Labute approximate surface area is 113 Å². The summed E-state index contributed by atoms with van der Waals surface area (Å²) in [7, 11) is 1.47. The third kappa shape index (κ3) is 2.45. The number of aromatic carboxylic acids is 1. The first-order valence-electron chi connectivity index (χ1n) is 5.38. The zero-order valence-corrected chi connectivity index (χ0v) is 11.1. The number of ether oxygens (including phenoxy) is 1. The fourth-order valence-electron chi connectivity index (χ4n) is 1.70. The number of aromatic nitrogens is 1. The van der Waals surface area contributed by atoms with Gasteiger partial charge in [0.1, 0.15) is 16.2 Å². The Morgan fingerprint density at radius 3 is 2.84 bits per heavy atom. The molecule has 7 heteroatoms. The lowest BCUT2D eigenvalue weighted by atomic mass is 10.2. The van der Waals surface area contributed by atoms with Crippen molar-refractivity contribution in [2.45, 2.75) is 6.92 Å². The molecule has 19 heavy (non-hydrogen) atoms. The smallest absolute Gasteiger partial charge is 0.339 e. The van der Waals surface area contributed by atoms with Crippen molar-refractivity contribution in [1.29, 1.82) is 0 Å². The number of carbonyl (C=O) groups is 2. The zero-order valence-electron chi connectivity index (χ0n) is 10.3. The number of aryl methyl sites for hydroxylation is 1. The van der Waals surface area contributed by atoms with Crippen LogP contribution in [-0.2, 0) is 0 Å². The van der Waals surface area contributed by atoms with Crippen molar-refractivity contribution in [2.24, 2.45) is 0 Å². The van der Waals surface area contributed by atoms with Crippen LogP contribution in [0, 0.1) is 6.92 Å². The summed E-state index contributed by atoms with van der Waals surface area (Å²) in [5.74, 6) is -1.02. The van der Waals surface area contributed by atoms with Gasteiger partial charge >= 0.3 is 5.97 Å². The van der Waals surface area contributed by atoms with E-state index in [1.165, 1.54) is 24.6 Å². The lowest BCUT2D eigenvalue weighted by molar-refractivity contribution is 0.0697. The molecule has 0 spiro atoms. The molecule has 0 bridgehead atoms. The number of aromatic amines is 1. The van der Waals surface area contributed by atoms with E-state index in [0.29, 0.717) is 16.3 Å². The summed E-state index contributed by atoms with van der Waals surface area (Å²) >= 11 is 1.23. The molecule has 2 aromatic heterocycles. The molecule has 0 atom stereocenters. The van der Waals surface area contributed by atoms with Gasteiger partial charge in [0.05, 0.1) is 12.8 Å². The van der Waals surface area contributed by atoms with E-state index in [-0.39, 0.29) is 11.3 Å². The van der Waals surface area contributed by atoms with Crippen LogP contribution in [-0.4, -0.2) is 29.1 Å². The minimum absolute atomic E-state index is 0.0591. The van der Waals surface area contributed by atoms with Crippen molar-refractivity contribution >= 4 is 28.9 Å². The average Bonchev–Trinajstić information content (AvgIpc) is 2.95. The van der Waals surface area contributed by atoms with Crippen molar-refractivity contribution < 1.29 is 19.4 Å². The van der Waals surface area contributed by atoms with Crippen LogP contribution in [0.5, 0.6) is 5.75 Å². The Balaban J connectivity index is 2.27. The Bertz CT molecular complexity index is 629. The normalized spacial score (nSPS) is 10.2. The van der Waals surface area contributed by atoms with Crippen molar-refractivity contribution in [2.75, 3.05) is 12.4 Å². The molecule has 2 aromatic rings. The van der Waals surface area contributed by atoms with E-state index >= 15 is 0 Å². The molecule has 0 saturated heterocycles. The van der Waals surface area contributed by atoms with Gasteiger partial charge in [0.25, 0.3) is 5.91 Å². The molecule has 0 aliphatic heterocycles. The van der Waals surface area contributed by atoms with E-state index in [1.54, 1.807) is 18.4 Å². The van der Waals surface area contributed by atoms with Crippen LogP contribution in [0.4, 0.5) is 5.69 Å². The van der Waals surface area contributed by atoms with E-state index in [4.69, 9.17) is 9.84 Å². The summed E-state index contributed by atoms with van der Waals surface area (Å²) in [4.78, 5) is 26.3. The van der Waals surface area contributed by atoms with Crippen LogP contribution in [0.3, 0.4) is 0 Å². The molecule has 1 amide bonds. The molecule has 6 nitrogen and oxygen atoms in total. The molecule has 2 rings (SSSR count). The second-order valence-electron chi connectivity index (χ2n) is 3.78. The SMILES string of the molecule is COc1ccsc1C(=O)Nc1c[nH]c(C)c1C(=O)O. The predicted molar refractivity (Wildman–Crippen MR) is 71.3 cm³/mol. The highest BCUT2D eigenvalue weighted by Gasteiger charge is 2.20. The van der Waals surface area contributed by atoms with E-state index < -0.39 is 11.9 Å². The molecule has 2 heterocycles. The molecule has 100 valence electrons. The first-order chi connectivity index (χ1) is 9.04. The number of rotatable bonds is 4.